The van der Waals surface area contributed by atoms with Crippen LogP contribution in [-0.2, 0) is 16.1 Å². The second kappa shape index (κ2) is 22.5. The standard InChI is InChI=1S/C62H84N2O3/c1-13-15-16-17-18-25-40-64-57-52-31-24-22-29-50(52)49-28-21-23-30-51(49)56(57)63-58(64)47-34-32-45(33-35-47)53(59(3,4)5)43-61(9,10)62(11,12)44-54(60(6,7)8)46-36-38-48(39-37-46)66-41-26-19-20-27-42-67-55(65)14-2/h14,21-24,28-39,53-54H,2,13,15-20,25-27,40-44H2,1,3-12H3. The second-order valence-corrected chi connectivity index (χ2v) is 23.0. The van der Waals surface area contributed by atoms with Gasteiger partial charge in [0.15, 0.2) is 0 Å². The van der Waals surface area contributed by atoms with E-state index in [2.05, 4.69) is 184 Å². The fourth-order valence-electron chi connectivity index (χ4n) is 10.3. The van der Waals surface area contributed by atoms with E-state index in [-0.39, 0.29) is 27.6 Å². The van der Waals surface area contributed by atoms with Crippen LogP contribution in [0.4, 0.5) is 0 Å². The molecule has 5 aromatic carbocycles. The summed E-state index contributed by atoms with van der Waals surface area (Å²) in [5.41, 5.74) is 6.58. The van der Waals surface area contributed by atoms with E-state index in [0.717, 1.165) is 68.6 Å². The molecule has 0 aliphatic carbocycles. The molecule has 67 heavy (non-hydrogen) atoms. The van der Waals surface area contributed by atoms with Crippen LogP contribution in [0.1, 0.15) is 176 Å². The molecule has 1 aromatic heterocycles. The minimum absolute atomic E-state index is 0.0384. The quantitative estimate of drug-likeness (QED) is 0.0263. The first-order valence-corrected chi connectivity index (χ1v) is 25.8. The third-order valence-corrected chi connectivity index (χ3v) is 15.3. The number of imidazole rings is 1. The van der Waals surface area contributed by atoms with Gasteiger partial charge in [0.2, 0.25) is 0 Å². The summed E-state index contributed by atoms with van der Waals surface area (Å²) in [4.78, 5) is 16.8. The Morgan fingerprint density at radius 3 is 1.63 bits per heavy atom. The number of rotatable bonds is 24. The van der Waals surface area contributed by atoms with Gasteiger partial charge in [-0.25, -0.2) is 9.78 Å². The summed E-state index contributed by atoms with van der Waals surface area (Å²) in [6.45, 7) is 32.4. The molecule has 5 heteroatoms. The van der Waals surface area contributed by atoms with Gasteiger partial charge in [0.05, 0.1) is 24.2 Å². The third-order valence-electron chi connectivity index (χ3n) is 15.3. The van der Waals surface area contributed by atoms with E-state index in [1.54, 1.807) is 0 Å². The molecule has 6 aromatic rings. The van der Waals surface area contributed by atoms with Gasteiger partial charge >= 0.3 is 5.97 Å². The first-order valence-electron chi connectivity index (χ1n) is 25.8. The maximum atomic E-state index is 11.3. The van der Waals surface area contributed by atoms with E-state index in [9.17, 15) is 4.79 Å². The zero-order valence-electron chi connectivity index (χ0n) is 43.4. The largest absolute Gasteiger partial charge is 0.494 e. The molecule has 0 radical (unpaired) electrons. The fraction of sp³-hybridized carbons (Fsp3) is 0.516. The lowest BCUT2D eigenvalue weighted by Crippen LogP contribution is -2.39. The number of carbonyl (C=O) groups excluding carboxylic acids is 1. The van der Waals surface area contributed by atoms with Crippen molar-refractivity contribution in [2.45, 2.75) is 172 Å². The Hall–Kier alpha value is -4.90. The molecule has 0 saturated heterocycles. The Labute approximate surface area is 405 Å². The highest BCUT2D eigenvalue weighted by molar-refractivity contribution is 6.23. The molecule has 0 saturated carbocycles. The van der Waals surface area contributed by atoms with Gasteiger partial charge in [0.1, 0.15) is 11.6 Å². The summed E-state index contributed by atoms with van der Waals surface area (Å²) in [5.74, 6) is 2.39. The lowest BCUT2D eigenvalue weighted by atomic mass is 9.55. The molecule has 0 spiro atoms. The fourth-order valence-corrected chi connectivity index (χ4v) is 10.3. The van der Waals surface area contributed by atoms with Crippen molar-refractivity contribution in [2.75, 3.05) is 13.2 Å². The summed E-state index contributed by atoms with van der Waals surface area (Å²) in [6, 6.07) is 36.3. The van der Waals surface area contributed by atoms with Crippen molar-refractivity contribution in [2.24, 2.45) is 21.7 Å². The number of unbranched alkanes of at least 4 members (excludes halogenated alkanes) is 8. The van der Waals surface area contributed by atoms with E-state index >= 15 is 0 Å². The van der Waals surface area contributed by atoms with Crippen LogP contribution in [0, 0.1) is 21.7 Å². The summed E-state index contributed by atoms with van der Waals surface area (Å²) in [7, 11) is 0. The lowest BCUT2D eigenvalue weighted by Gasteiger charge is -2.49. The predicted octanol–water partition coefficient (Wildman–Crippen LogP) is 17.8. The number of hydrogen-bond acceptors (Lipinski definition) is 4. The van der Waals surface area contributed by atoms with Crippen molar-refractivity contribution < 1.29 is 14.3 Å². The van der Waals surface area contributed by atoms with Gasteiger partial charge in [-0.15, -0.1) is 0 Å². The Kier molecular flexibility index (Phi) is 17.3. The van der Waals surface area contributed by atoms with Gasteiger partial charge in [-0.1, -0.05) is 200 Å². The van der Waals surface area contributed by atoms with Crippen molar-refractivity contribution in [1.82, 2.24) is 9.55 Å². The average molecular weight is 905 g/mol. The Balaban J connectivity index is 1.21. The van der Waals surface area contributed by atoms with E-state index in [0.29, 0.717) is 25.0 Å². The van der Waals surface area contributed by atoms with E-state index in [1.165, 1.54) is 81.9 Å². The summed E-state index contributed by atoms with van der Waals surface area (Å²) >= 11 is 0. The Morgan fingerprint density at radius 2 is 1.07 bits per heavy atom. The molecule has 1 heterocycles. The molecule has 360 valence electrons. The molecular formula is C62H84N2O3. The van der Waals surface area contributed by atoms with Gasteiger partial charge in [-0.05, 0) is 112 Å². The SMILES string of the molecule is C=CC(=O)OCCCCCCOc1ccc(C(CC(C)(C)C(C)(C)CC(c2ccc(-c3nc4c5ccccc5c5ccccc5c4n3CCCCCCCC)cc2)C(C)(C)C)C(C)(C)C)cc1. The normalized spacial score (nSPS) is 13.6. The van der Waals surface area contributed by atoms with E-state index in [4.69, 9.17) is 14.5 Å². The van der Waals surface area contributed by atoms with Gasteiger partial charge < -0.3 is 14.0 Å². The first kappa shape index (κ1) is 51.5. The van der Waals surface area contributed by atoms with Crippen LogP contribution < -0.4 is 4.74 Å². The van der Waals surface area contributed by atoms with Crippen molar-refractivity contribution >= 4 is 38.5 Å². The van der Waals surface area contributed by atoms with Crippen molar-refractivity contribution in [3.63, 3.8) is 0 Å². The van der Waals surface area contributed by atoms with E-state index in [1.807, 2.05) is 0 Å². The molecule has 6 rings (SSSR count). The van der Waals surface area contributed by atoms with Crippen LogP contribution in [-0.4, -0.2) is 28.7 Å². The van der Waals surface area contributed by atoms with Crippen LogP contribution in [0.5, 0.6) is 5.75 Å². The van der Waals surface area contributed by atoms with Crippen LogP contribution in [0.25, 0.3) is 44.0 Å². The number of aryl methyl sites for hydroxylation is 1. The number of ether oxygens (including phenoxy) is 2. The molecule has 2 unspecified atom stereocenters. The number of fused-ring (bicyclic) bond motifs is 6. The summed E-state index contributed by atoms with van der Waals surface area (Å²) in [5, 5.41) is 5.09. The summed E-state index contributed by atoms with van der Waals surface area (Å²) in [6.07, 6.45) is 14.8. The minimum atomic E-state index is -0.351. The number of carbonyl (C=O) groups is 1. The average Bonchev–Trinajstić information content (AvgIpc) is 3.68. The molecule has 0 aliphatic rings. The van der Waals surface area contributed by atoms with Crippen molar-refractivity contribution in [3.05, 3.63) is 121 Å². The van der Waals surface area contributed by atoms with Crippen molar-refractivity contribution in [3.8, 4) is 17.1 Å². The van der Waals surface area contributed by atoms with Crippen LogP contribution in [0.2, 0.25) is 0 Å². The monoisotopic (exact) mass is 905 g/mol. The Bertz CT molecular complexity index is 2530. The van der Waals surface area contributed by atoms with Gasteiger partial charge in [0, 0.05) is 29.0 Å². The van der Waals surface area contributed by atoms with Gasteiger partial charge in [-0.2, -0.15) is 0 Å². The molecule has 2 atom stereocenters. The highest BCUT2D eigenvalue weighted by atomic mass is 16.5. The third kappa shape index (κ3) is 12.8. The highest BCUT2D eigenvalue weighted by Crippen LogP contribution is 2.55. The molecule has 0 aliphatic heterocycles. The predicted molar refractivity (Wildman–Crippen MR) is 286 cm³/mol. The van der Waals surface area contributed by atoms with E-state index < -0.39 is 0 Å². The van der Waals surface area contributed by atoms with Gasteiger partial charge in [-0.3, -0.25) is 0 Å². The maximum absolute atomic E-state index is 11.3. The van der Waals surface area contributed by atoms with Gasteiger partial charge in [0.25, 0.3) is 0 Å². The minimum Gasteiger partial charge on any atom is -0.494 e. The zero-order chi connectivity index (χ0) is 48.4. The zero-order valence-corrected chi connectivity index (χ0v) is 43.4. The molecule has 0 bridgehead atoms. The maximum Gasteiger partial charge on any atom is 0.330 e. The number of hydrogen-bond donors (Lipinski definition) is 0. The van der Waals surface area contributed by atoms with Crippen molar-refractivity contribution in [1.29, 1.82) is 0 Å². The summed E-state index contributed by atoms with van der Waals surface area (Å²) < 4.78 is 13.8. The number of nitrogens with zero attached hydrogens (tertiary/aromatic N) is 2. The van der Waals surface area contributed by atoms with Crippen LogP contribution in [0.15, 0.2) is 110 Å². The molecule has 0 fully saturated rings. The smallest absolute Gasteiger partial charge is 0.330 e. The molecule has 0 amide bonds. The van der Waals surface area contributed by atoms with Crippen LogP contribution >= 0.6 is 0 Å². The lowest BCUT2D eigenvalue weighted by molar-refractivity contribution is -0.137. The molecular weight excluding hydrogens is 821 g/mol. The second-order valence-electron chi connectivity index (χ2n) is 23.0. The Morgan fingerprint density at radius 1 is 0.597 bits per heavy atom. The number of benzene rings is 5. The molecule has 0 N–H and O–H groups in total. The first-order chi connectivity index (χ1) is 31.9. The topological polar surface area (TPSA) is 53.4 Å². The number of esters is 1. The molecule has 5 nitrogen and oxygen atoms in total. The number of aromatic nitrogens is 2. The highest BCUT2D eigenvalue weighted by Gasteiger charge is 2.44. The van der Waals surface area contributed by atoms with Crippen LogP contribution in [0.3, 0.4) is 0 Å².